The average Bonchev–Trinajstić information content (AvgIpc) is 3.30. The first-order valence-corrected chi connectivity index (χ1v) is 8.69. The first-order valence-electron chi connectivity index (χ1n) is 8.69. The number of hydrogen-bond acceptors (Lipinski definition) is 5. The Balaban J connectivity index is 1.68. The zero-order valence-corrected chi connectivity index (χ0v) is 14.9. The zero-order chi connectivity index (χ0) is 19.0. The molecule has 1 unspecified atom stereocenters. The Morgan fingerprint density at radius 2 is 2.15 bits per heavy atom. The number of aromatic amines is 1. The van der Waals surface area contributed by atoms with E-state index >= 15 is 0 Å². The lowest BCUT2D eigenvalue weighted by Crippen LogP contribution is -2.28. The number of aromatic hydroxyl groups is 1. The monoisotopic (exact) mass is 364 g/mol. The number of carbonyl (C=O) groups excluding carboxylic acids is 1. The molecule has 27 heavy (non-hydrogen) atoms. The summed E-state index contributed by atoms with van der Waals surface area (Å²) >= 11 is 0. The van der Waals surface area contributed by atoms with Crippen LogP contribution in [0.25, 0.3) is 22.3 Å². The molecule has 7 heteroatoms. The van der Waals surface area contributed by atoms with E-state index in [0.29, 0.717) is 30.0 Å². The number of carbonyl (C=O) groups is 1. The number of amides is 1. The van der Waals surface area contributed by atoms with E-state index in [1.165, 1.54) is 6.08 Å². The maximum atomic E-state index is 12.0. The molecule has 2 N–H and O–H groups in total. The van der Waals surface area contributed by atoms with E-state index in [-0.39, 0.29) is 23.7 Å². The van der Waals surface area contributed by atoms with E-state index in [4.69, 9.17) is 4.74 Å². The molecule has 1 saturated heterocycles. The molecule has 1 fully saturated rings. The van der Waals surface area contributed by atoms with Gasteiger partial charge in [-0.15, -0.1) is 10.2 Å². The van der Waals surface area contributed by atoms with Crippen molar-refractivity contribution in [2.45, 2.75) is 12.0 Å². The lowest BCUT2D eigenvalue weighted by Gasteiger charge is -2.14. The van der Waals surface area contributed by atoms with Gasteiger partial charge in [0.15, 0.2) is 5.65 Å². The minimum absolute atomic E-state index is 0.0154. The second kappa shape index (κ2) is 6.85. The Labute approximate surface area is 156 Å². The van der Waals surface area contributed by atoms with Gasteiger partial charge in [-0.05, 0) is 30.3 Å². The van der Waals surface area contributed by atoms with Crippen LogP contribution in [0.2, 0.25) is 0 Å². The molecular weight excluding hydrogens is 344 g/mol. The van der Waals surface area contributed by atoms with Crippen molar-refractivity contribution in [1.82, 2.24) is 20.1 Å². The van der Waals surface area contributed by atoms with Crippen molar-refractivity contribution in [2.75, 3.05) is 20.2 Å². The average molecular weight is 364 g/mol. The van der Waals surface area contributed by atoms with Gasteiger partial charge in [0, 0.05) is 42.8 Å². The van der Waals surface area contributed by atoms with Crippen molar-refractivity contribution in [3.8, 4) is 17.0 Å². The summed E-state index contributed by atoms with van der Waals surface area (Å²) in [6, 6.07) is 10.9. The highest BCUT2D eigenvalue weighted by Gasteiger charge is 2.36. The van der Waals surface area contributed by atoms with E-state index in [1.807, 2.05) is 18.2 Å². The van der Waals surface area contributed by atoms with Crippen molar-refractivity contribution in [2.24, 2.45) is 0 Å². The number of rotatable bonds is 4. The molecule has 0 radical (unpaired) electrons. The van der Waals surface area contributed by atoms with Gasteiger partial charge in [-0.25, -0.2) is 0 Å². The lowest BCUT2D eigenvalue weighted by molar-refractivity contribution is -0.125. The van der Waals surface area contributed by atoms with Crippen LogP contribution >= 0.6 is 0 Å². The number of H-pyrrole nitrogens is 1. The van der Waals surface area contributed by atoms with Crippen LogP contribution in [0.3, 0.4) is 0 Å². The maximum Gasteiger partial charge on any atom is 0.246 e. The van der Waals surface area contributed by atoms with E-state index in [2.05, 4.69) is 21.8 Å². The van der Waals surface area contributed by atoms with Crippen molar-refractivity contribution in [3.63, 3.8) is 0 Å². The van der Waals surface area contributed by atoms with Crippen molar-refractivity contribution in [1.29, 1.82) is 0 Å². The standard InChI is InChI=1S/C20H20N4O3/c1-3-19(26)24-10-14(18(11-24)27-2)15-8-12-9-16(22-23-20(12)21-15)13-6-4-5-7-17(13)25/h3-9,14,18,25H,1,10-11H2,2H3,(H,21,23)/t14?,18-/m1/s1. The fourth-order valence-corrected chi connectivity index (χ4v) is 3.60. The Morgan fingerprint density at radius 3 is 2.89 bits per heavy atom. The molecule has 3 heterocycles. The van der Waals surface area contributed by atoms with Crippen molar-refractivity contribution >= 4 is 16.9 Å². The van der Waals surface area contributed by atoms with Crippen LogP contribution in [0.1, 0.15) is 11.6 Å². The number of para-hydroxylation sites is 1. The quantitative estimate of drug-likeness (QED) is 0.694. The number of nitrogens with zero attached hydrogens (tertiary/aromatic N) is 3. The van der Waals surface area contributed by atoms with Gasteiger partial charge in [0.25, 0.3) is 0 Å². The molecule has 138 valence electrons. The molecule has 7 nitrogen and oxygen atoms in total. The summed E-state index contributed by atoms with van der Waals surface area (Å²) in [6.07, 6.45) is 1.22. The molecular formula is C20H20N4O3. The molecule has 1 aliphatic heterocycles. The summed E-state index contributed by atoms with van der Waals surface area (Å²) < 4.78 is 5.59. The summed E-state index contributed by atoms with van der Waals surface area (Å²) in [5.74, 6) is 0.0784. The van der Waals surface area contributed by atoms with Crippen LogP contribution < -0.4 is 0 Å². The Kier molecular flexibility index (Phi) is 4.37. The fourth-order valence-electron chi connectivity index (χ4n) is 3.60. The normalized spacial score (nSPS) is 19.5. The number of phenols is 1. The third-order valence-electron chi connectivity index (χ3n) is 5.03. The zero-order valence-electron chi connectivity index (χ0n) is 14.9. The van der Waals surface area contributed by atoms with Crippen molar-refractivity contribution < 1.29 is 14.6 Å². The van der Waals surface area contributed by atoms with Gasteiger partial charge in [-0.1, -0.05) is 18.7 Å². The number of benzene rings is 1. The second-order valence-corrected chi connectivity index (χ2v) is 6.60. The number of aromatic nitrogens is 3. The highest BCUT2D eigenvalue weighted by Crippen LogP contribution is 2.33. The SMILES string of the molecule is C=CC(=O)N1CC(c2cc3cc(-c4ccccc4O)nnc3[nH]2)[C@H](OC)C1. The largest absolute Gasteiger partial charge is 0.507 e. The molecule has 0 bridgehead atoms. The summed E-state index contributed by atoms with van der Waals surface area (Å²) in [4.78, 5) is 17.0. The Hall–Kier alpha value is -3.19. The molecule has 1 aliphatic rings. The number of ether oxygens (including phenoxy) is 1. The first kappa shape index (κ1) is 17.2. The van der Waals surface area contributed by atoms with E-state index in [9.17, 15) is 9.90 Å². The number of nitrogens with one attached hydrogen (secondary N) is 1. The van der Waals surface area contributed by atoms with Crippen LogP contribution in [-0.2, 0) is 9.53 Å². The number of likely N-dealkylation sites (tertiary alicyclic amines) is 1. The molecule has 1 aromatic carbocycles. The van der Waals surface area contributed by atoms with Gasteiger partial charge >= 0.3 is 0 Å². The third kappa shape index (κ3) is 3.06. The molecule has 3 aromatic rings. The van der Waals surface area contributed by atoms with Crippen LogP contribution in [-0.4, -0.2) is 57.4 Å². The highest BCUT2D eigenvalue weighted by atomic mass is 16.5. The van der Waals surface area contributed by atoms with Crippen LogP contribution in [0, 0.1) is 0 Å². The lowest BCUT2D eigenvalue weighted by atomic mass is 10.0. The first-order chi connectivity index (χ1) is 13.1. The minimum Gasteiger partial charge on any atom is -0.507 e. The van der Waals surface area contributed by atoms with Crippen LogP contribution in [0.15, 0.2) is 49.1 Å². The van der Waals surface area contributed by atoms with Crippen molar-refractivity contribution in [3.05, 3.63) is 54.7 Å². The van der Waals surface area contributed by atoms with Gasteiger partial charge in [0.05, 0.1) is 11.8 Å². The summed E-state index contributed by atoms with van der Waals surface area (Å²) in [6.45, 7) is 4.63. The van der Waals surface area contributed by atoms with E-state index in [1.54, 1.807) is 30.2 Å². The maximum absolute atomic E-state index is 12.0. The Bertz CT molecular complexity index is 1010. The number of hydrogen-bond donors (Lipinski definition) is 2. The summed E-state index contributed by atoms with van der Waals surface area (Å²) in [7, 11) is 1.65. The predicted molar refractivity (Wildman–Crippen MR) is 101 cm³/mol. The van der Waals surface area contributed by atoms with Crippen LogP contribution in [0.5, 0.6) is 5.75 Å². The van der Waals surface area contributed by atoms with E-state index in [0.717, 1.165) is 11.1 Å². The topological polar surface area (TPSA) is 91.3 Å². The summed E-state index contributed by atoms with van der Waals surface area (Å²) in [5.41, 5.74) is 2.84. The highest BCUT2D eigenvalue weighted by molar-refractivity contribution is 5.87. The second-order valence-electron chi connectivity index (χ2n) is 6.60. The fraction of sp³-hybridized carbons (Fsp3) is 0.250. The molecule has 1 amide bonds. The smallest absolute Gasteiger partial charge is 0.246 e. The summed E-state index contributed by atoms with van der Waals surface area (Å²) in [5, 5.41) is 19.4. The molecule has 2 aromatic heterocycles. The Morgan fingerprint density at radius 1 is 1.33 bits per heavy atom. The molecule has 0 spiro atoms. The number of fused-ring (bicyclic) bond motifs is 1. The van der Waals surface area contributed by atoms with Crippen LogP contribution in [0.4, 0.5) is 0 Å². The van der Waals surface area contributed by atoms with Gasteiger partial charge < -0.3 is 19.7 Å². The molecule has 4 rings (SSSR count). The molecule has 0 saturated carbocycles. The molecule has 0 aliphatic carbocycles. The van der Waals surface area contributed by atoms with Gasteiger partial charge in [0.2, 0.25) is 5.91 Å². The minimum atomic E-state index is -0.104. The van der Waals surface area contributed by atoms with E-state index < -0.39 is 0 Å². The predicted octanol–water partition coefficient (Wildman–Crippen LogP) is 2.46. The van der Waals surface area contributed by atoms with Gasteiger partial charge in [-0.2, -0.15) is 0 Å². The third-order valence-corrected chi connectivity index (χ3v) is 5.03. The number of methoxy groups -OCH3 is 1. The van der Waals surface area contributed by atoms with Gasteiger partial charge in [-0.3, -0.25) is 4.79 Å². The van der Waals surface area contributed by atoms with Gasteiger partial charge in [0.1, 0.15) is 5.75 Å². The number of phenolic OH excluding ortho intramolecular Hbond substituents is 1. The molecule has 2 atom stereocenters.